The quantitative estimate of drug-likeness (QED) is 0.662. The number of phenolic OH excluding ortho intramolecular Hbond substituents is 1. The van der Waals surface area contributed by atoms with Crippen molar-refractivity contribution in [3.8, 4) is 11.5 Å². The van der Waals surface area contributed by atoms with Gasteiger partial charge in [0.25, 0.3) is 5.91 Å². The molecule has 0 atom stereocenters. The van der Waals surface area contributed by atoms with Crippen LogP contribution in [-0.4, -0.2) is 17.0 Å². The molecule has 0 aliphatic heterocycles. The van der Waals surface area contributed by atoms with E-state index in [9.17, 15) is 14.7 Å². The number of amides is 1. The lowest BCUT2D eigenvalue weighted by molar-refractivity contribution is 0.0729. The number of hydrogen-bond acceptors (Lipinski definition) is 4. The molecule has 0 aromatic heterocycles. The Balaban J connectivity index is 2.48. The maximum absolute atomic E-state index is 12.1. The van der Waals surface area contributed by atoms with Gasteiger partial charge in [0, 0.05) is 6.07 Å². The Hall–Kier alpha value is -2.24. The molecule has 22 heavy (non-hydrogen) atoms. The first-order valence-corrected chi connectivity index (χ1v) is 6.87. The third-order valence-corrected chi connectivity index (χ3v) is 3.87. The minimum atomic E-state index is -0.849. The molecule has 2 aromatic rings. The van der Waals surface area contributed by atoms with Crippen LogP contribution in [0.4, 0.5) is 0 Å². The molecule has 0 saturated carbocycles. The number of esters is 1. The number of carbonyl (C=O) groups excluding carboxylic acids is 2. The second-order valence-electron chi connectivity index (χ2n) is 4.44. The summed E-state index contributed by atoms with van der Waals surface area (Å²) in [6.45, 7) is 1.53. The summed E-state index contributed by atoms with van der Waals surface area (Å²) in [6, 6.07) is 7.07. The van der Waals surface area contributed by atoms with Crippen molar-refractivity contribution in [2.75, 3.05) is 0 Å². The van der Waals surface area contributed by atoms with Crippen LogP contribution in [-0.2, 0) is 0 Å². The number of para-hydroxylation sites is 1. The number of ether oxygens (including phenoxy) is 1. The van der Waals surface area contributed by atoms with Gasteiger partial charge < -0.3 is 15.6 Å². The fourth-order valence-corrected chi connectivity index (χ4v) is 2.30. The second kappa shape index (κ2) is 6.25. The van der Waals surface area contributed by atoms with Crippen molar-refractivity contribution in [2.45, 2.75) is 6.92 Å². The first kappa shape index (κ1) is 16.1. The van der Waals surface area contributed by atoms with Crippen molar-refractivity contribution in [1.82, 2.24) is 0 Å². The minimum absolute atomic E-state index is 0.0434. The van der Waals surface area contributed by atoms with E-state index in [0.717, 1.165) is 0 Å². The molecule has 0 heterocycles. The van der Waals surface area contributed by atoms with Crippen molar-refractivity contribution >= 4 is 35.1 Å². The van der Waals surface area contributed by atoms with Crippen molar-refractivity contribution < 1.29 is 19.4 Å². The first-order valence-electron chi connectivity index (χ1n) is 6.11. The van der Waals surface area contributed by atoms with Crippen LogP contribution in [0.2, 0.25) is 10.0 Å². The third kappa shape index (κ3) is 3.00. The summed E-state index contributed by atoms with van der Waals surface area (Å²) < 4.78 is 5.15. The number of rotatable bonds is 3. The number of hydrogen-bond donors (Lipinski definition) is 2. The number of aromatic hydroxyl groups is 1. The van der Waals surface area contributed by atoms with Crippen LogP contribution in [0.15, 0.2) is 30.3 Å². The Morgan fingerprint density at radius 2 is 1.86 bits per heavy atom. The molecule has 0 aliphatic rings. The van der Waals surface area contributed by atoms with Crippen molar-refractivity contribution in [1.29, 1.82) is 0 Å². The third-order valence-electron chi connectivity index (χ3n) is 2.99. The van der Waals surface area contributed by atoms with Gasteiger partial charge in [-0.15, -0.1) is 0 Å². The highest BCUT2D eigenvalue weighted by atomic mass is 35.5. The lowest BCUT2D eigenvalue weighted by atomic mass is 10.1. The zero-order chi connectivity index (χ0) is 16.4. The Kier molecular flexibility index (Phi) is 4.59. The van der Waals surface area contributed by atoms with Crippen LogP contribution in [0.3, 0.4) is 0 Å². The number of benzene rings is 2. The first-order chi connectivity index (χ1) is 10.3. The minimum Gasteiger partial charge on any atom is -0.507 e. The van der Waals surface area contributed by atoms with E-state index in [1.54, 1.807) is 12.1 Å². The monoisotopic (exact) mass is 339 g/mol. The predicted octanol–water partition coefficient (Wildman–Crippen LogP) is 3.33. The molecular formula is C15H11Cl2NO4. The van der Waals surface area contributed by atoms with E-state index in [4.69, 9.17) is 33.7 Å². The highest BCUT2D eigenvalue weighted by Gasteiger charge is 2.22. The van der Waals surface area contributed by atoms with Gasteiger partial charge in [-0.3, -0.25) is 4.79 Å². The molecule has 0 aliphatic carbocycles. The van der Waals surface area contributed by atoms with E-state index in [2.05, 4.69) is 0 Å². The molecule has 0 spiro atoms. The van der Waals surface area contributed by atoms with Crippen molar-refractivity contribution in [3.05, 3.63) is 57.1 Å². The largest absolute Gasteiger partial charge is 0.507 e. The van der Waals surface area contributed by atoms with E-state index in [0.29, 0.717) is 5.56 Å². The predicted molar refractivity (Wildman–Crippen MR) is 82.8 cm³/mol. The summed E-state index contributed by atoms with van der Waals surface area (Å²) in [5, 5.41) is 9.92. The molecule has 2 rings (SSSR count). The molecule has 0 unspecified atom stereocenters. The molecule has 7 heteroatoms. The van der Waals surface area contributed by atoms with Crippen LogP contribution < -0.4 is 10.5 Å². The number of primary amides is 1. The number of halogens is 2. The molecule has 1 amide bonds. The normalized spacial score (nSPS) is 10.3. The van der Waals surface area contributed by atoms with Gasteiger partial charge in [0.15, 0.2) is 0 Å². The zero-order valence-corrected chi connectivity index (χ0v) is 12.9. The lowest BCUT2D eigenvalue weighted by Crippen LogP contribution is -2.17. The van der Waals surface area contributed by atoms with Gasteiger partial charge in [-0.25, -0.2) is 4.79 Å². The van der Waals surface area contributed by atoms with E-state index in [1.807, 2.05) is 0 Å². The summed E-state index contributed by atoms with van der Waals surface area (Å²) in [5.74, 6) is -2.02. The van der Waals surface area contributed by atoms with Gasteiger partial charge in [-0.2, -0.15) is 0 Å². The number of carbonyl (C=O) groups is 2. The zero-order valence-electron chi connectivity index (χ0n) is 11.4. The molecule has 0 bridgehead atoms. The molecular weight excluding hydrogens is 329 g/mol. The molecule has 0 fully saturated rings. The fourth-order valence-electron chi connectivity index (χ4n) is 1.91. The smallest absolute Gasteiger partial charge is 0.347 e. The highest BCUT2D eigenvalue weighted by Crippen LogP contribution is 2.35. The van der Waals surface area contributed by atoms with Gasteiger partial charge in [-0.05, 0) is 24.6 Å². The van der Waals surface area contributed by atoms with Crippen LogP contribution in [0.5, 0.6) is 11.5 Å². The molecule has 0 saturated heterocycles. The number of phenols is 1. The van der Waals surface area contributed by atoms with Gasteiger partial charge in [0.1, 0.15) is 17.1 Å². The SMILES string of the molecule is Cc1c(Cl)c(Cl)cc(OC(=O)c2ccccc2O)c1C(N)=O. The molecule has 3 N–H and O–H groups in total. The molecule has 2 aromatic carbocycles. The van der Waals surface area contributed by atoms with Crippen LogP contribution in [0.1, 0.15) is 26.3 Å². The summed E-state index contributed by atoms with van der Waals surface area (Å²) in [7, 11) is 0. The van der Waals surface area contributed by atoms with E-state index in [1.165, 1.54) is 25.1 Å². The van der Waals surface area contributed by atoms with Gasteiger partial charge in [0.05, 0.1) is 15.6 Å². The fraction of sp³-hybridized carbons (Fsp3) is 0.0667. The maximum atomic E-state index is 12.1. The summed E-state index contributed by atoms with van der Waals surface area (Å²) in [5.41, 5.74) is 5.51. The second-order valence-corrected chi connectivity index (χ2v) is 5.23. The Morgan fingerprint density at radius 1 is 1.23 bits per heavy atom. The number of nitrogens with two attached hydrogens (primary N) is 1. The Bertz CT molecular complexity index is 774. The van der Waals surface area contributed by atoms with Crippen molar-refractivity contribution in [2.24, 2.45) is 5.73 Å². The van der Waals surface area contributed by atoms with Crippen LogP contribution >= 0.6 is 23.2 Å². The van der Waals surface area contributed by atoms with E-state index < -0.39 is 11.9 Å². The van der Waals surface area contributed by atoms with Crippen molar-refractivity contribution in [3.63, 3.8) is 0 Å². The summed E-state index contributed by atoms with van der Waals surface area (Å²) in [6.07, 6.45) is 0. The maximum Gasteiger partial charge on any atom is 0.347 e. The molecule has 114 valence electrons. The van der Waals surface area contributed by atoms with E-state index in [-0.39, 0.29) is 32.7 Å². The molecule has 5 nitrogen and oxygen atoms in total. The summed E-state index contributed by atoms with van der Waals surface area (Å²) in [4.78, 5) is 23.7. The van der Waals surface area contributed by atoms with Crippen LogP contribution in [0.25, 0.3) is 0 Å². The topological polar surface area (TPSA) is 89.6 Å². The molecule has 0 radical (unpaired) electrons. The Labute approximate surface area is 136 Å². The summed E-state index contributed by atoms with van der Waals surface area (Å²) >= 11 is 11.9. The van der Waals surface area contributed by atoms with E-state index >= 15 is 0 Å². The average Bonchev–Trinajstić information content (AvgIpc) is 2.44. The lowest BCUT2D eigenvalue weighted by Gasteiger charge is -2.13. The van der Waals surface area contributed by atoms with Gasteiger partial charge >= 0.3 is 5.97 Å². The highest BCUT2D eigenvalue weighted by molar-refractivity contribution is 6.43. The average molecular weight is 340 g/mol. The Morgan fingerprint density at radius 3 is 2.45 bits per heavy atom. The van der Waals surface area contributed by atoms with Crippen LogP contribution in [0, 0.1) is 6.92 Å². The standard InChI is InChI=1S/C15H11Cl2NO4/c1-7-12(14(18)20)11(6-9(16)13(7)17)22-15(21)8-4-2-3-5-10(8)19/h2-6,19H,1H3,(H2,18,20). The van der Waals surface area contributed by atoms with Gasteiger partial charge in [0.2, 0.25) is 0 Å². The van der Waals surface area contributed by atoms with Gasteiger partial charge in [-0.1, -0.05) is 35.3 Å².